The van der Waals surface area contributed by atoms with Crippen LogP contribution < -0.4 is 10.5 Å². The van der Waals surface area contributed by atoms with E-state index >= 15 is 0 Å². The highest BCUT2D eigenvalue weighted by Crippen LogP contribution is 2.30. The highest BCUT2D eigenvalue weighted by atomic mass is 79.9. The standard InChI is InChI=1S/C17H18BrNO/c1-11-5-6-13(10-16(11)18)17(19)12-3-2-4-15(9-12)20-14-7-8-14/h2-6,9-10,14,17H,7-8,19H2,1H3. The van der Waals surface area contributed by atoms with Crippen molar-refractivity contribution in [3.63, 3.8) is 0 Å². The number of halogens is 1. The van der Waals surface area contributed by atoms with E-state index in [1.54, 1.807) is 0 Å². The maximum absolute atomic E-state index is 6.37. The molecule has 0 aliphatic heterocycles. The Hall–Kier alpha value is -1.32. The second kappa shape index (κ2) is 5.58. The quantitative estimate of drug-likeness (QED) is 0.904. The molecule has 3 rings (SSSR count). The smallest absolute Gasteiger partial charge is 0.120 e. The Morgan fingerprint density at radius 1 is 1.15 bits per heavy atom. The Kier molecular flexibility index (Phi) is 3.81. The van der Waals surface area contributed by atoms with E-state index in [2.05, 4.69) is 53.2 Å². The third kappa shape index (κ3) is 3.05. The minimum absolute atomic E-state index is 0.130. The maximum atomic E-state index is 6.37. The van der Waals surface area contributed by atoms with E-state index in [1.807, 2.05) is 12.1 Å². The molecular formula is C17H18BrNO. The molecule has 0 aromatic heterocycles. The van der Waals surface area contributed by atoms with Gasteiger partial charge in [-0.05, 0) is 54.7 Å². The van der Waals surface area contributed by atoms with E-state index in [0.29, 0.717) is 6.10 Å². The summed E-state index contributed by atoms with van der Waals surface area (Å²) in [5, 5.41) is 0. The van der Waals surface area contributed by atoms with Gasteiger partial charge in [-0.1, -0.05) is 40.2 Å². The normalized spacial score (nSPS) is 15.9. The lowest BCUT2D eigenvalue weighted by atomic mass is 9.98. The molecule has 0 bridgehead atoms. The largest absolute Gasteiger partial charge is 0.490 e. The first-order chi connectivity index (χ1) is 9.63. The molecule has 0 amide bonds. The van der Waals surface area contributed by atoms with Crippen molar-refractivity contribution in [2.45, 2.75) is 31.9 Å². The fourth-order valence-electron chi connectivity index (χ4n) is 2.15. The Morgan fingerprint density at radius 2 is 1.90 bits per heavy atom. The van der Waals surface area contributed by atoms with Gasteiger partial charge in [0.2, 0.25) is 0 Å². The lowest BCUT2D eigenvalue weighted by Gasteiger charge is -2.15. The Bertz CT molecular complexity index is 622. The van der Waals surface area contributed by atoms with Crippen molar-refractivity contribution in [1.29, 1.82) is 0 Å². The molecule has 104 valence electrons. The molecule has 0 heterocycles. The van der Waals surface area contributed by atoms with Gasteiger partial charge in [0, 0.05) is 4.47 Å². The summed E-state index contributed by atoms with van der Waals surface area (Å²) in [5.74, 6) is 0.923. The predicted molar refractivity (Wildman–Crippen MR) is 85.0 cm³/mol. The van der Waals surface area contributed by atoms with E-state index in [0.717, 1.165) is 21.3 Å². The van der Waals surface area contributed by atoms with Gasteiger partial charge in [-0.2, -0.15) is 0 Å². The lowest BCUT2D eigenvalue weighted by molar-refractivity contribution is 0.303. The molecule has 1 aliphatic carbocycles. The van der Waals surface area contributed by atoms with E-state index in [4.69, 9.17) is 10.5 Å². The van der Waals surface area contributed by atoms with E-state index in [1.165, 1.54) is 18.4 Å². The van der Waals surface area contributed by atoms with Gasteiger partial charge in [0.25, 0.3) is 0 Å². The molecule has 1 fully saturated rings. The van der Waals surface area contributed by atoms with Crippen LogP contribution in [0.25, 0.3) is 0 Å². The number of aryl methyl sites for hydroxylation is 1. The number of ether oxygens (including phenoxy) is 1. The van der Waals surface area contributed by atoms with E-state index < -0.39 is 0 Å². The summed E-state index contributed by atoms with van der Waals surface area (Å²) in [7, 11) is 0. The topological polar surface area (TPSA) is 35.2 Å². The minimum atomic E-state index is -0.130. The van der Waals surface area contributed by atoms with Gasteiger partial charge in [-0.25, -0.2) is 0 Å². The van der Waals surface area contributed by atoms with Crippen molar-refractivity contribution >= 4 is 15.9 Å². The SMILES string of the molecule is Cc1ccc(C(N)c2cccc(OC3CC3)c2)cc1Br. The summed E-state index contributed by atoms with van der Waals surface area (Å²) in [5.41, 5.74) is 9.77. The Labute approximate surface area is 128 Å². The zero-order valence-corrected chi connectivity index (χ0v) is 13.1. The summed E-state index contributed by atoms with van der Waals surface area (Å²) in [6.07, 6.45) is 2.75. The summed E-state index contributed by atoms with van der Waals surface area (Å²) in [6, 6.07) is 14.2. The lowest BCUT2D eigenvalue weighted by Crippen LogP contribution is -2.12. The van der Waals surface area contributed by atoms with Gasteiger partial charge >= 0.3 is 0 Å². The number of nitrogens with two attached hydrogens (primary N) is 1. The minimum Gasteiger partial charge on any atom is -0.490 e. The number of benzene rings is 2. The summed E-state index contributed by atoms with van der Waals surface area (Å²) in [4.78, 5) is 0. The van der Waals surface area contributed by atoms with Crippen LogP contribution in [-0.2, 0) is 0 Å². The van der Waals surface area contributed by atoms with Crippen LogP contribution in [0.4, 0.5) is 0 Å². The van der Waals surface area contributed by atoms with Gasteiger partial charge in [0.15, 0.2) is 0 Å². The molecule has 0 saturated heterocycles. The number of rotatable bonds is 4. The van der Waals surface area contributed by atoms with Crippen LogP contribution in [0.3, 0.4) is 0 Å². The fourth-order valence-corrected chi connectivity index (χ4v) is 2.55. The van der Waals surface area contributed by atoms with Crippen LogP contribution in [0.15, 0.2) is 46.9 Å². The monoisotopic (exact) mass is 331 g/mol. The maximum Gasteiger partial charge on any atom is 0.120 e. The molecule has 2 N–H and O–H groups in total. The average molecular weight is 332 g/mol. The van der Waals surface area contributed by atoms with Crippen molar-refractivity contribution in [3.05, 3.63) is 63.6 Å². The van der Waals surface area contributed by atoms with Crippen molar-refractivity contribution < 1.29 is 4.74 Å². The average Bonchev–Trinajstić information content (AvgIpc) is 3.25. The van der Waals surface area contributed by atoms with Crippen LogP contribution >= 0.6 is 15.9 Å². The first-order valence-electron chi connectivity index (χ1n) is 6.92. The third-order valence-corrected chi connectivity index (χ3v) is 4.45. The molecule has 1 aliphatic rings. The molecule has 0 radical (unpaired) electrons. The van der Waals surface area contributed by atoms with Crippen LogP contribution in [-0.4, -0.2) is 6.10 Å². The molecule has 1 unspecified atom stereocenters. The molecule has 1 saturated carbocycles. The number of hydrogen-bond acceptors (Lipinski definition) is 2. The van der Waals surface area contributed by atoms with Gasteiger partial charge in [0.05, 0.1) is 12.1 Å². The van der Waals surface area contributed by atoms with Crippen molar-refractivity contribution in [2.75, 3.05) is 0 Å². The zero-order valence-electron chi connectivity index (χ0n) is 11.5. The van der Waals surface area contributed by atoms with E-state index in [-0.39, 0.29) is 6.04 Å². The summed E-state index contributed by atoms with van der Waals surface area (Å²) >= 11 is 3.56. The Morgan fingerprint density at radius 3 is 2.60 bits per heavy atom. The second-order valence-corrected chi connectivity index (χ2v) is 6.23. The number of hydrogen-bond donors (Lipinski definition) is 1. The van der Waals surface area contributed by atoms with Crippen LogP contribution in [0.1, 0.15) is 35.6 Å². The van der Waals surface area contributed by atoms with Gasteiger partial charge in [-0.3, -0.25) is 0 Å². The van der Waals surface area contributed by atoms with Crippen molar-refractivity contribution in [1.82, 2.24) is 0 Å². The summed E-state index contributed by atoms with van der Waals surface area (Å²) in [6.45, 7) is 2.07. The highest BCUT2D eigenvalue weighted by molar-refractivity contribution is 9.10. The molecule has 2 nitrogen and oxygen atoms in total. The van der Waals surface area contributed by atoms with Crippen molar-refractivity contribution in [2.24, 2.45) is 5.73 Å². The highest BCUT2D eigenvalue weighted by Gasteiger charge is 2.23. The Balaban J connectivity index is 1.84. The molecule has 2 aromatic carbocycles. The molecule has 20 heavy (non-hydrogen) atoms. The zero-order chi connectivity index (χ0) is 14.1. The summed E-state index contributed by atoms with van der Waals surface area (Å²) < 4.78 is 6.92. The van der Waals surface area contributed by atoms with Crippen LogP contribution in [0, 0.1) is 6.92 Å². The van der Waals surface area contributed by atoms with Gasteiger partial charge in [0.1, 0.15) is 5.75 Å². The first-order valence-corrected chi connectivity index (χ1v) is 7.71. The first kappa shape index (κ1) is 13.7. The second-order valence-electron chi connectivity index (χ2n) is 5.38. The molecule has 1 atom stereocenters. The van der Waals surface area contributed by atoms with Gasteiger partial charge in [-0.15, -0.1) is 0 Å². The molecular weight excluding hydrogens is 314 g/mol. The fraction of sp³-hybridized carbons (Fsp3) is 0.294. The van der Waals surface area contributed by atoms with Crippen LogP contribution in [0.5, 0.6) is 5.75 Å². The van der Waals surface area contributed by atoms with Crippen molar-refractivity contribution in [3.8, 4) is 5.75 Å². The van der Waals surface area contributed by atoms with Crippen LogP contribution in [0.2, 0.25) is 0 Å². The molecule has 0 spiro atoms. The predicted octanol–water partition coefficient (Wildman–Crippen LogP) is 4.35. The molecule has 3 heteroatoms. The van der Waals surface area contributed by atoms with Gasteiger partial charge < -0.3 is 10.5 Å². The third-order valence-electron chi connectivity index (χ3n) is 3.60. The van der Waals surface area contributed by atoms with E-state index in [9.17, 15) is 0 Å². The molecule has 2 aromatic rings.